The normalized spacial score (nSPS) is 11.1. The van der Waals surface area contributed by atoms with E-state index in [1.165, 1.54) is 6.20 Å². The predicted molar refractivity (Wildman–Crippen MR) is 98.8 cm³/mol. The summed E-state index contributed by atoms with van der Waals surface area (Å²) in [4.78, 5) is 24.6. The molecule has 0 spiro atoms. The van der Waals surface area contributed by atoms with Gasteiger partial charge in [-0.1, -0.05) is 0 Å². The van der Waals surface area contributed by atoms with Crippen molar-refractivity contribution in [3.8, 4) is 23.0 Å². The highest BCUT2D eigenvalue weighted by Gasteiger charge is 2.17. The zero-order chi connectivity index (χ0) is 19.4. The van der Waals surface area contributed by atoms with Gasteiger partial charge < -0.3 is 9.47 Å². The Bertz CT molecular complexity index is 914. The van der Waals surface area contributed by atoms with E-state index >= 15 is 0 Å². The average Bonchev–Trinajstić information content (AvgIpc) is 3.10. The van der Waals surface area contributed by atoms with Crippen LogP contribution in [0, 0.1) is 0 Å². The van der Waals surface area contributed by atoms with Crippen LogP contribution in [-0.4, -0.2) is 43.5 Å². The summed E-state index contributed by atoms with van der Waals surface area (Å²) in [6, 6.07) is 5.41. The Morgan fingerprint density at radius 3 is 2.48 bits per heavy atom. The van der Waals surface area contributed by atoms with E-state index in [1.807, 2.05) is 12.1 Å². The number of pyridine rings is 1. The molecule has 9 nitrogen and oxygen atoms in total. The van der Waals surface area contributed by atoms with Gasteiger partial charge >= 0.3 is 6.09 Å². The summed E-state index contributed by atoms with van der Waals surface area (Å²) in [6.07, 6.45) is 5.74. The van der Waals surface area contributed by atoms with Crippen molar-refractivity contribution < 1.29 is 14.3 Å². The van der Waals surface area contributed by atoms with E-state index in [1.54, 1.807) is 57.2 Å². The molecule has 140 valence electrons. The first-order valence-corrected chi connectivity index (χ1v) is 8.22. The molecule has 0 aliphatic rings. The lowest BCUT2D eigenvalue weighted by Gasteiger charge is -2.19. The first-order chi connectivity index (χ1) is 12.9. The standard InChI is InChI=1S/C18H20N6O3/c1-18(2,3)27-17(25)23-15-11-19-13(10-20-15)14-7-8-22-24(14)12-5-6-16(26-4)21-9-12/h5-11H,1-4H3,(H,20,23,25). The van der Waals surface area contributed by atoms with Gasteiger partial charge in [0.2, 0.25) is 5.88 Å². The highest BCUT2D eigenvalue weighted by Crippen LogP contribution is 2.21. The number of carbonyl (C=O) groups excluding carboxylic acids is 1. The summed E-state index contributed by atoms with van der Waals surface area (Å²) in [5, 5.41) is 6.86. The third-order valence-corrected chi connectivity index (χ3v) is 3.36. The Kier molecular flexibility index (Phi) is 5.02. The maximum Gasteiger partial charge on any atom is 0.413 e. The molecule has 0 fully saturated rings. The minimum absolute atomic E-state index is 0.296. The monoisotopic (exact) mass is 368 g/mol. The van der Waals surface area contributed by atoms with Crippen molar-refractivity contribution in [1.82, 2.24) is 24.7 Å². The zero-order valence-electron chi connectivity index (χ0n) is 15.5. The van der Waals surface area contributed by atoms with Crippen molar-refractivity contribution in [3.63, 3.8) is 0 Å². The van der Waals surface area contributed by atoms with Crippen LogP contribution in [0.2, 0.25) is 0 Å². The van der Waals surface area contributed by atoms with E-state index in [9.17, 15) is 4.79 Å². The van der Waals surface area contributed by atoms with Crippen LogP contribution in [0.1, 0.15) is 20.8 Å². The van der Waals surface area contributed by atoms with E-state index in [0.29, 0.717) is 17.4 Å². The molecule has 0 saturated carbocycles. The largest absolute Gasteiger partial charge is 0.481 e. The minimum atomic E-state index is -0.587. The molecule has 3 heterocycles. The van der Waals surface area contributed by atoms with Crippen molar-refractivity contribution >= 4 is 11.9 Å². The molecule has 0 aromatic carbocycles. The summed E-state index contributed by atoms with van der Waals surface area (Å²) in [5.41, 5.74) is 1.50. The van der Waals surface area contributed by atoms with Crippen LogP contribution in [0.25, 0.3) is 17.1 Å². The van der Waals surface area contributed by atoms with Crippen LogP contribution in [-0.2, 0) is 4.74 Å². The van der Waals surface area contributed by atoms with E-state index in [-0.39, 0.29) is 0 Å². The molecule has 0 atom stereocenters. The number of carbonyl (C=O) groups is 1. The van der Waals surface area contributed by atoms with Crippen LogP contribution in [0.4, 0.5) is 10.6 Å². The number of ether oxygens (including phenoxy) is 2. The van der Waals surface area contributed by atoms with Crippen LogP contribution >= 0.6 is 0 Å². The molecular formula is C18H20N6O3. The Labute approximate surface area is 156 Å². The SMILES string of the molecule is COc1ccc(-n2nccc2-c2cnc(NC(=O)OC(C)(C)C)cn2)cn1. The Morgan fingerprint density at radius 2 is 1.89 bits per heavy atom. The number of aromatic nitrogens is 5. The van der Waals surface area contributed by atoms with Gasteiger partial charge in [-0.25, -0.2) is 24.4 Å². The minimum Gasteiger partial charge on any atom is -0.481 e. The van der Waals surface area contributed by atoms with Crippen molar-refractivity contribution in [2.75, 3.05) is 12.4 Å². The molecule has 27 heavy (non-hydrogen) atoms. The van der Waals surface area contributed by atoms with Crippen LogP contribution in [0.3, 0.4) is 0 Å². The molecule has 0 aliphatic heterocycles. The van der Waals surface area contributed by atoms with E-state index in [0.717, 1.165) is 11.4 Å². The fraction of sp³-hybridized carbons (Fsp3) is 0.278. The second-order valence-corrected chi connectivity index (χ2v) is 6.60. The molecule has 0 radical (unpaired) electrons. The quantitative estimate of drug-likeness (QED) is 0.754. The summed E-state index contributed by atoms with van der Waals surface area (Å²) in [7, 11) is 1.56. The zero-order valence-corrected chi connectivity index (χ0v) is 15.5. The number of hydrogen-bond donors (Lipinski definition) is 1. The lowest BCUT2D eigenvalue weighted by Crippen LogP contribution is -2.27. The topological polar surface area (TPSA) is 104 Å². The highest BCUT2D eigenvalue weighted by molar-refractivity contribution is 5.83. The van der Waals surface area contributed by atoms with Gasteiger partial charge in [-0.3, -0.25) is 5.32 Å². The molecular weight excluding hydrogens is 348 g/mol. The fourth-order valence-corrected chi connectivity index (χ4v) is 2.25. The van der Waals surface area contributed by atoms with Gasteiger partial charge in [-0.2, -0.15) is 5.10 Å². The van der Waals surface area contributed by atoms with Gasteiger partial charge in [0.25, 0.3) is 0 Å². The molecule has 0 aliphatic carbocycles. The first kappa shape index (κ1) is 18.3. The summed E-state index contributed by atoms with van der Waals surface area (Å²) in [6.45, 7) is 5.36. The van der Waals surface area contributed by atoms with Crippen LogP contribution in [0.15, 0.2) is 43.0 Å². The highest BCUT2D eigenvalue weighted by atomic mass is 16.6. The number of nitrogens with one attached hydrogen (secondary N) is 1. The molecule has 9 heteroatoms. The molecule has 0 unspecified atom stereocenters. The molecule has 3 aromatic rings. The van der Waals surface area contributed by atoms with Crippen LogP contribution in [0.5, 0.6) is 5.88 Å². The molecule has 0 saturated heterocycles. The molecule has 0 bridgehead atoms. The van der Waals surface area contributed by atoms with Crippen LogP contribution < -0.4 is 10.1 Å². The number of anilines is 1. The Hall–Kier alpha value is -3.49. The third-order valence-electron chi connectivity index (χ3n) is 3.36. The van der Waals surface area contributed by atoms with Gasteiger partial charge in [-0.05, 0) is 32.9 Å². The van der Waals surface area contributed by atoms with E-state index in [4.69, 9.17) is 9.47 Å². The van der Waals surface area contributed by atoms with Gasteiger partial charge in [0.05, 0.1) is 43.3 Å². The van der Waals surface area contributed by atoms with Gasteiger partial charge in [0.1, 0.15) is 11.3 Å². The molecule has 1 N–H and O–H groups in total. The Balaban J connectivity index is 1.78. The molecule has 3 aromatic heterocycles. The number of nitrogens with zero attached hydrogens (tertiary/aromatic N) is 5. The summed E-state index contributed by atoms with van der Waals surface area (Å²) < 4.78 is 12.0. The molecule has 3 rings (SSSR count). The third kappa shape index (κ3) is 4.57. The van der Waals surface area contributed by atoms with E-state index < -0.39 is 11.7 Å². The number of rotatable bonds is 4. The second kappa shape index (κ2) is 7.40. The number of methoxy groups -OCH3 is 1. The second-order valence-electron chi connectivity index (χ2n) is 6.60. The predicted octanol–water partition coefficient (Wildman–Crippen LogP) is 3.08. The van der Waals surface area contributed by atoms with Gasteiger partial charge in [-0.15, -0.1) is 0 Å². The van der Waals surface area contributed by atoms with Gasteiger partial charge in [0, 0.05) is 6.07 Å². The summed E-state index contributed by atoms with van der Waals surface area (Å²) >= 11 is 0. The van der Waals surface area contributed by atoms with Gasteiger partial charge in [0.15, 0.2) is 5.82 Å². The average molecular weight is 368 g/mol. The van der Waals surface area contributed by atoms with Crippen molar-refractivity contribution in [3.05, 3.63) is 43.0 Å². The van der Waals surface area contributed by atoms with Crippen molar-refractivity contribution in [1.29, 1.82) is 0 Å². The molecule has 1 amide bonds. The first-order valence-electron chi connectivity index (χ1n) is 8.22. The number of amides is 1. The van der Waals surface area contributed by atoms with Crippen molar-refractivity contribution in [2.45, 2.75) is 26.4 Å². The number of hydrogen-bond acceptors (Lipinski definition) is 7. The maximum atomic E-state index is 11.8. The fourth-order valence-electron chi connectivity index (χ4n) is 2.25. The lowest BCUT2D eigenvalue weighted by atomic mass is 10.2. The van der Waals surface area contributed by atoms with Crippen molar-refractivity contribution in [2.24, 2.45) is 0 Å². The Morgan fingerprint density at radius 1 is 1.07 bits per heavy atom. The lowest BCUT2D eigenvalue weighted by molar-refractivity contribution is 0.0635. The van der Waals surface area contributed by atoms with E-state index in [2.05, 4.69) is 25.4 Å². The smallest absolute Gasteiger partial charge is 0.413 e. The maximum absolute atomic E-state index is 11.8. The summed E-state index contributed by atoms with van der Waals surface area (Å²) in [5.74, 6) is 0.815.